The third-order valence-electron chi connectivity index (χ3n) is 3.30. The largest absolute Gasteiger partial charge is 0.316 e. The van der Waals surface area contributed by atoms with E-state index in [1.165, 1.54) is 25.6 Å². The van der Waals surface area contributed by atoms with Crippen molar-refractivity contribution in [3.05, 3.63) is 35.5 Å². The second-order valence-electron chi connectivity index (χ2n) is 4.52. The molecule has 2 heterocycles. The van der Waals surface area contributed by atoms with E-state index in [1.807, 2.05) is 11.4 Å². The van der Waals surface area contributed by atoms with E-state index in [2.05, 4.69) is 5.32 Å². The van der Waals surface area contributed by atoms with Gasteiger partial charge in [0.2, 0.25) is 0 Å². The van der Waals surface area contributed by atoms with Gasteiger partial charge in [-0.25, -0.2) is 4.39 Å². The molecule has 1 saturated carbocycles. The lowest BCUT2D eigenvalue weighted by Gasteiger charge is -1.87. The average Bonchev–Trinajstić information content (AvgIpc) is 2.74. The van der Waals surface area contributed by atoms with E-state index in [0.29, 0.717) is 0 Å². The summed E-state index contributed by atoms with van der Waals surface area (Å²) in [5.41, 5.74) is 0. The van der Waals surface area contributed by atoms with Gasteiger partial charge >= 0.3 is 0 Å². The van der Waals surface area contributed by atoms with Gasteiger partial charge in [0.25, 0.3) is 0 Å². The number of benzene rings is 1. The molecule has 1 saturated heterocycles. The Bertz CT molecular complexity index is 485. The Morgan fingerprint density at radius 1 is 1.19 bits per heavy atom. The number of hydrogen-bond donors (Lipinski definition) is 1. The predicted octanol–water partition coefficient (Wildman–Crippen LogP) is 3.27. The SMILES string of the molecule is C1NCC2CC12.Fc1ccc2ccsc2c1. The van der Waals surface area contributed by atoms with Crippen molar-refractivity contribution in [3.8, 4) is 0 Å². The van der Waals surface area contributed by atoms with Crippen LogP contribution >= 0.6 is 11.3 Å². The molecule has 0 radical (unpaired) electrons. The van der Waals surface area contributed by atoms with E-state index in [0.717, 1.165) is 21.9 Å². The highest BCUT2D eigenvalue weighted by Gasteiger charge is 2.40. The molecule has 1 nitrogen and oxygen atoms in total. The molecule has 2 fully saturated rings. The van der Waals surface area contributed by atoms with Gasteiger partial charge in [-0.2, -0.15) is 0 Å². The van der Waals surface area contributed by atoms with Gasteiger partial charge in [0.05, 0.1) is 0 Å². The van der Waals surface area contributed by atoms with Crippen molar-refractivity contribution in [1.29, 1.82) is 0 Å². The lowest BCUT2D eigenvalue weighted by molar-refractivity contribution is 0.630. The van der Waals surface area contributed by atoms with Crippen LogP contribution in [0.3, 0.4) is 0 Å². The second-order valence-corrected chi connectivity index (χ2v) is 5.46. The lowest BCUT2D eigenvalue weighted by atomic mass is 10.3. The first kappa shape index (κ1) is 10.2. The number of hydrogen-bond acceptors (Lipinski definition) is 2. The van der Waals surface area contributed by atoms with Crippen molar-refractivity contribution in [2.24, 2.45) is 11.8 Å². The second kappa shape index (κ2) is 4.15. The zero-order valence-corrected chi connectivity index (χ0v) is 9.77. The van der Waals surface area contributed by atoms with Gasteiger partial charge in [0.15, 0.2) is 0 Å². The summed E-state index contributed by atoms with van der Waals surface area (Å²) in [5, 5.41) is 6.40. The van der Waals surface area contributed by atoms with Crippen LogP contribution in [0.15, 0.2) is 29.6 Å². The van der Waals surface area contributed by atoms with E-state index in [-0.39, 0.29) is 5.82 Å². The molecule has 1 N–H and O–H groups in total. The van der Waals surface area contributed by atoms with Crippen molar-refractivity contribution < 1.29 is 4.39 Å². The Balaban J connectivity index is 0.000000114. The molecule has 2 unspecified atom stereocenters. The topological polar surface area (TPSA) is 12.0 Å². The Labute approximate surface area is 98.3 Å². The molecule has 0 amide bonds. The fourth-order valence-corrected chi connectivity index (χ4v) is 3.01. The summed E-state index contributed by atoms with van der Waals surface area (Å²) in [7, 11) is 0. The number of nitrogens with one attached hydrogen (secondary N) is 1. The Hall–Kier alpha value is -0.930. The van der Waals surface area contributed by atoms with Crippen LogP contribution in [0.4, 0.5) is 4.39 Å². The van der Waals surface area contributed by atoms with Crippen LogP contribution in [0.2, 0.25) is 0 Å². The Kier molecular flexibility index (Phi) is 2.65. The average molecular weight is 235 g/mol. The maximum Gasteiger partial charge on any atom is 0.124 e. The molecule has 2 aromatic rings. The van der Waals surface area contributed by atoms with Crippen molar-refractivity contribution in [2.45, 2.75) is 6.42 Å². The van der Waals surface area contributed by atoms with Crippen LogP contribution in [0.1, 0.15) is 6.42 Å². The molecule has 84 valence electrons. The van der Waals surface area contributed by atoms with Crippen LogP contribution in [0.5, 0.6) is 0 Å². The zero-order chi connectivity index (χ0) is 11.0. The van der Waals surface area contributed by atoms with Gasteiger partial charge < -0.3 is 5.32 Å². The fraction of sp³-hybridized carbons (Fsp3) is 0.385. The minimum absolute atomic E-state index is 0.157. The third kappa shape index (κ3) is 2.11. The standard InChI is InChI=1S/C8H5FS.C5H9N/c9-7-2-1-6-3-4-10-8(6)5-7;1-4-2-6-3-5(1)4/h1-5H;4-6H,1-3H2. The first-order chi connectivity index (χ1) is 7.83. The molecule has 0 spiro atoms. The molecule has 0 bridgehead atoms. The minimum Gasteiger partial charge on any atom is -0.316 e. The third-order valence-corrected chi connectivity index (χ3v) is 4.18. The van der Waals surface area contributed by atoms with E-state index in [4.69, 9.17) is 0 Å². The summed E-state index contributed by atoms with van der Waals surface area (Å²) in [6.45, 7) is 2.62. The van der Waals surface area contributed by atoms with E-state index in [9.17, 15) is 4.39 Å². The lowest BCUT2D eigenvalue weighted by Crippen LogP contribution is -2.10. The molecule has 1 aliphatic heterocycles. The Morgan fingerprint density at radius 2 is 2.00 bits per heavy atom. The first-order valence-electron chi connectivity index (χ1n) is 5.66. The molecular formula is C13H14FNS. The minimum atomic E-state index is -0.157. The highest BCUT2D eigenvalue weighted by atomic mass is 32.1. The number of piperidine rings is 1. The van der Waals surface area contributed by atoms with Crippen LogP contribution in [0, 0.1) is 17.7 Å². The normalized spacial score (nSPS) is 26.1. The Morgan fingerprint density at radius 3 is 2.62 bits per heavy atom. The summed E-state index contributed by atoms with van der Waals surface area (Å²) in [6.07, 6.45) is 1.52. The van der Waals surface area contributed by atoms with Crippen molar-refractivity contribution >= 4 is 21.4 Å². The number of thiophene rings is 1. The van der Waals surface area contributed by atoms with Crippen LogP contribution in [-0.2, 0) is 0 Å². The van der Waals surface area contributed by atoms with E-state index >= 15 is 0 Å². The predicted molar refractivity (Wildman–Crippen MR) is 66.2 cm³/mol. The highest BCUT2D eigenvalue weighted by molar-refractivity contribution is 7.17. The summed E-state index contributed by atoms with van der Waals surface area (Å²) >= 11 is 1.56. The van der Waals surface area contributed by atoms with Gasteiger partial charge in [-0.05, 0) is 60.3 Å². The van der Waals surface area contributed by atoms with Crippen LogP contribution in [-0.4, -0.2) is 13.1 Å². The number of fused-ring (bicyclic) bond motifs is 2. The van der Waals surface area contributed by atoms with Crippen molar-refractivity contribution in [3.63, 3.8) is 0 Å². The summed E-state index contributed by atoms with van der Waals surface area (Å²) in [5.74, 6) is 2.05. The summed E-state index contributed by atoms with van der Waals surface area (Å²) < 4.78 is 13.5. The fourth-order valence-electron chi connectivity index (χ4n) is 2.19. The van der Waals surface area contributed by atoms with E-state index < -0.39 is 0 Å². The first-order valence-corrected chi connectivity index (χ1v) is 6.54. The molecular weight excluding hydrogens is 221 g/mol. The molecule has 2 aliphatic rings. The molecule has 1 aromatic heterocycles. The van der Waals surface area contributed by atoms with Crippen molar-refractivity contribution in [1.82, 2.24) is 5.32 Å². The quantitative estimate of drug-likeness (QED) is 0.739. The zero-order valence-electron chi connectivity index (χ0n) is 8.95. The smallest absolute Gasteiger partial charge is 0.124 e. The summed E-state index contributed by atoms with van der Waals surface area (Å²) in [4.78, 5) is 0. The van der Waals surface area contributed by atoms with Crippen LogP contribution < -0.4 is 5.32 Å². The van der Waals surface area contributed by atoms with Gasteiger partial charge in [-0.3, -0.25) is 0 Å². The monoisotopic (exact) mass is 235 g/mol. The van der Waals surface area contributed by atoms with Crippen LogP contribution in [0.25, 0.3) is 10.1 Å². The van der Waals surface area contributed by atoms with Gasteiger partial charge in [-0.1, -0.05) is 6.07 Å². The number of rotatable bonds is 0. The molecule has 2 atom stereocenters. The maximum absolute atomic E-state index is 12.5. The molecule has 3 heteroatoms. The number of halogens is 1. The van der Waals surface area contributed by atoms with Crippen molar-refractivity contribution in [2.75, 3.05) is 13.1 Å². The maximum atomic E-state index is 12.5. The van der Waals surface area contributed by atoms with Gasteiger partial charge in [0, 0.05) is 4.70 Å². The summed E-state index contributed by atoms with van der Waals surface area (Å²) in [6, 6.07) is 6.82. The highest BCUT2D eigenvalue weighted by Crippen LogP contribution is 2.40. The molecule has 1 aliphatic carbocycles. The van der Waals surface area contributed by atoms with Gasteiger partial charge in [-0.15, -0.1) is 11.3 Å². The molecule has 16 heavy (non-hydrogen) atoms. The molecule has 1 aromatic carbocycles. The van der Waals surface area contributed by atoms with Gasteiger partial charge in [0.1, 0.15) is 5.82 Å². The van der Waals surface area contributed by atoms with E-state index in [1.54, 1.807) is 23.5 Å². The molecule has 4 rings (SSSR count).